The Morgan fingerprint density at radius 2 is 1.89 bits per heavy atom. The van der Waals surface area contributed by atoms with E-state index in [1.165, 1.54) is 44.3 Å². The third-order valence-electron chi connectivity index (χ3n) is 6.75. The zero-order valence-electron chi connectivity index (χ0n) is 16.6. The van der Waals surface area contributed by atoms with Crippen molar-refractivity contribution in [3.8, 4) is 0 Å². The lowest BCUT2D eigenvalue weighted by molar-refractivity contribution is -0.132. The molecule has 1 N–H and O–H groups in total. The van der Waals surface area contributed by atoms with Gasteiger partial charge in [-0.25, -0.2) is 0 Å². The van der Waals surface area contributed by atoms with Crippen molar-refractivity contribution in [3.63, 3.8) is 0 Å². The van der Waals surface area contributed by atoms with Gasteiger partial charge in [0.1, 0.15) is 0 Å². The van der Waals surface area contributed by atoms with Crippen LogP contribution in [0.25, 0.3) is 0 Å². The highest BCUT2D eigenvalue weighted by Crippen LogP contribution is 2.31. The number of piperidine rings is 3. The van der Waals surface area contributed by atoms with Crippen molar-refractivity contribution < 1.29 is 4.79 Å². The van der Waals surface area contributed by atoms with Crippen molar-refractivity contribution in [1.82, 2.24) is 15.1 Å². The van der Waals surface area contributed by atoms with E-state index in [2.05, 4.69) is 45.4 Å². The topological polar surface area (TPSA) is 35.6 Å². The van der Waals surface area contributed by atoms with Gasteiger partial charge in [0.15, 0.2) is 0 Å². The predicted octanol–water partition coefficient (Wildman–Crippen LogP) is 3.28. The molecular weight excluding hydrogens is 334 g/mol. The second-order valence-electron chi connectivity index (χ2n) is 8.89. The number of benzene rings is 1. The zero-order chi connectivity index (χ0) is 18.5. The summed E-state index contributed by atoms with van der Waals surface area (Å²) in [6.07, 6.45) is 7.96. The first-order chi connectivity index (χ1) is 13.3. The largest absolute Gasteiger partial charge is 0.343 e. The Kier molecular flexibility index (Phi) is 6.46. The van der Waals surface area contributed by atoms with Crippen LogP contribution in [0.4, 0.5) is 0 Å². The Labute approximate surface area is 164 Å². The fourth-order valence-electron chi connectivity index (χ4n) is 5.36. The molecule has 4 rings (SSSR count). The molecule has 3 saturated heterocycles. The number of carbonyl (C=O) groups is 1. The zero-order valence-corrected chi connectivity index (χ0v) is 16.6. The van der Waals surface area contributed by atoms with Crippen LogP contribution in [0.3, 0.4) is 0 Å². The molecule has 3 fully saturated rings. The molecule has 0 unspecified atom stereocenters. The molecule has 3 atom stereocenters. The predicted molar refractivity (Wildman–Crippen MR) is 109 cm³/mol. The maximum Gasteiger partial charge on any atom is 0.222 e. The normalized spacial score (nSPS) is 28.9. The lowest BCUT2D eigenvalue weighted by atomic mass is 9.79. The van der Waals surface area contributed by atoms with E-state index in [9.17, 15) is 4.79 Å². The minimum absolute atomic E-state index is 0.387. The summed E-state index contributed by atoms with van der Waals surface area (Å²) in [6.45, 7) is 6.61. The van der Waals surface area contributed by atoms with E-state index in [-0.39, 0.29) is 0 Å². The summed E-state index contributed by atoms with van der Waals surface area (Å²) in [7, 11) is 0. The van der Waals surface area contributed by atoms with E-state index >= 15 is 0 Å². The molecule has 27 heavy (non-hydrogen) atoms. The van der Waals surface area contributed by atoms with Crippen molar-refractivity contribution in [3.05, 3.63) is 35.9 Å². The van der Waals surface area contributed by atoms with E-state index in [1.807, 2.05) is 0 Å². The molecule has 3 aliphatic rings. The molecule has 0 spiro atoms. The van der Waals surface area contributed by atoms with E-state index in [0.29, 0.717) is 11.9 Å². The summed E-state index contributed by atoms with van der Waals surface area (Å²) < 4.78 is 0. The highest BCUT2D eigenvalue weighted by Gasteiger charge is 2.36. The lowest BCUT2D eigenvalue weighted by Crippen LogP contribution is -2.55. The summed E-state index contributed by atoms with van der Waals surface area (Å²) in [6, 6.07) is 11.5. The molecule has 1 amide bonds. The number of nitrogens with zero attached hydrogens (tertiary/aromatic N) is 2. The molecule has 0 aliphatic carbocycles. The molecule has 1 aromatic carbocycles. The third kappa shape index (κ3) is 5.11. The second kappa shape index (κ2) is 9.20. The molecule has 0 radical (unpaired) electrons. The average molecular weight is 370 g/mol. The van der Waals surface area contributed by atoms with Gasteiger partial charge in [-0.3, -0.25) is 9.69 Å². The first-order valence-corrected chi connectivity index (χ1v) is 11.1. The fraction of sp³-hybridized carbons (Fsp3) is 0.696. The molecule has 3 heterocycles. The summed E-state index contributed by atoms with van der Waals surface area (Å²) in [4.78, 5) is 17.2. The molecule has 1 aromatic rings. The Morgan fingerprint density at radius 3 is 2.70 bits per heavy atom. The number of nitrogens with one attached hydrogen (secondary N) is 1. The highest BCUT2D eigenvalue weighted by molar-refractivity contribution is 5.76. The molecule has 0 aromatic heterocycles. The van der Waals surface area contributed by atoms with Crippen molar-refractivity contribution >= 4 is 5.91 Å². The van der Waals surface area contributed by atoms with Crippen LogP contribution in [-0.4, -0.2) is 54.5 Å². The van der Waals surface area contributed by atoms with Crippen LogP contribution in [-0.2, 0) is 11.3 Å². The molecule has 2 bridgehead atoms. The van der Waals surface area contributed by atoms with Gasteiger partial charge < -0.3 is 10.2 Å². The first kappa shape index (κ1) is 18.9. The van der Waals surface area contributed by atoms with Gasteiger partial charge in [-0.2, -0.15) is 0 Å². The maximum atomic E-state index is 12.4. The smallest absolute Gasteiger partial charge is 0.222 e. The SMILES string of the molecule is O=C(CCC[C@H]1NC[C@@H]2C[C@H]1CN(Cc1ccccc1)C2)N1CCCCC1. The minimum atomic E-state index is 0.387. The number of likely N-dealkylation sites (tertiary alicyclic amines) is 2. The van der Waals surface area contributed by atoms with Gasteiger partial charge in [0.05, 0.1) is 0 Å². The standard InChI is InChI=1S/C23H35N3O/c27-23(26-12-5-2-6-13-26)11-7-10-22-21-14-20(15-24-22)17-25(18-21)16-19-8-3-1-4-9-19/h1,3-4,8-9,20-22,24H,2,5-7,10-18H2/t20-,21-,22+/m0/s1. The van der Waals surface area contributed by atoms with Crippen LogP contribution in [0.5, 0.6) is 0 Å². The van der Waals surface area contributed by atoms with Crippen molar-refractivity contribution in [2.45, 2.75) is 57.5 Å². The van der Waals surface area contributed by atoms with Crippen LogP contribution < -0.4 is 5.32 Å². The Hall–Kier alpha value is -1.39. The van der Waals surface area contributed by atoms with E-state index < -0.39 is 0 Å². The molecule has 0 saturated carbocycles. The molecule has 4 heteroatoms. The summed E-state index contributed by atoms with van der Waals surface area (Å²) in [5.41, 5.74) is 1.43. The number of hydrogen-bond donors (Lipinski definition) is 1. The van der Waals surface area contributed by atoms with Gasteiger partial charge in [0.25, 0.3) is 0 Å². The van der Waals surface area contributed by atoms with Crippen molar-refractivity contribution in [2.75, 3.05) is 32.7 Å². The number of amides is 1. The molecule has 4 nitrogen and oxygen atoms in total. The van der Waals surface area contributed by atoms with Crippen LogP contribution in [0.2, 0.25) is 0 Å². The van der Waals surface area contributed by atoms with Crippen molar-refractivity contribution in [1.29, 1.82) is 0 Å². The molecular formula is C23H35N3O. The van der Waals surface area contributed by atoms with Gasteiger partial charge in [0.2, 0.25) is 5.91 Å². The van der Waals surface area contributed by atoms with Crippen LogP contribution in [0.15, 0.2) is 30.3 Å². The number of carbonyl (C=O) groups excluding carboxylic acids is 1. The Bertz CT molecular complexity index is 599. The first-order valence-electron chi connectivity index (χ1n) is 11.1. The summed E-state index contributed by atoms with van der Waals surface area (Å²) in [5.74, 6) is 1.92. The minimum Gasteiger partial charge on any atom is -0.343 e. The van der Waals surface area contributed by atoms with E-state index in [0.717, 1.165) is 57.3 Å². The number of hydrogen-bond acceptors (Lipinski definition) is 3. The fourth-order valence-corrected chi connectivity index (χ4v) is 5.36. The summed E-state index contributed by atoms with van der Waals surface area (Å²) >= 11 is 0. The summed E-state index contributed by atoms with van der Waals surface area (Å²) in [5, 5.41) is 3.81. The van der Waals surface area contributed by atoms with Crippen LogP contribution >= 0.6 is 0 Å². The van der Waals surface area contributed by atoms with Gasteiger partial charge in [-0.05, 0) is 62.5 Å². The van der Waals surface area contributed by atoms with Gasteiger partial charge >= 0.3 is 0 Å². The monoisotopic (exact) mass is 369 g/mol. The Balaban J connectivity index is 1.24. The van der Waals surface area contributed by atoms with E-state index in [4.69, 9.17) is 0 Å². The quantitative estimate of drug-likeness (QED) is 0.836. The Morgan fingerprint density at radius 1 is 1.07 bits per heavy atom. The molecule has 3 aliphatic heterocycles. The molecule has 148 valence electrons. The highest BCUT2D eigenvalue weighted by atomic mass is 16.2. The van der Waals surface area contributed by atoms with Gasteiger partial charge in [-0.15, -0.1) is 0 Å². The van der Waals surface area contributed by atoms with Gasteiger partial charge in [-0.1, -0.05) is 30.3 Å². The third-order valence-corrected chi connectivity index (χ3v) is 6.75. The van der Waals surface area contributed by atoms with Crippen LogP contribution in [0, 0.1) is 11.8 Å². The number of fused-ring (bicyclic) bond motifs is 2. The van der Waals surface area contributed by atoms with E-state index in [1.54, 1.807) is 0 Å². The maximum absolute atomic E-state index is 12.4. The van der Waals surface area contributed by atoms with Crippen LogP contribution in [0.1, 0.15) is 50.5 Å². The average Bonchev–Trinajstić information content (AvgIpc) is 2.71. The second-order valence-corrected chi connectivity index (χ2v) is 8.89. The number of rotatable bonds is 6. The van der Waals surface area contributed by atoms with Gasteiger partial charge in [0, 0.05) is 45.2 Å². The van der Waals surface area contributed by atoms with Crippen molar-refractivity contribution in [2.24, 2.45) is 11.8 Å². The lowest BCUT2D eigenvalue weighted by Gasteiger charge is -2.46.